The molecule has 1 aromatic rings. The van der Waals surface area contributed by atoms with Gasteiger partial charge in [0.05, 0.1) is 14.8 Å². The van der Waals surface area contributed by atoms with Gasteiger partial charge >= 0.3 is 17.1 Å². The van der Waals surface area contributed by atoms with E-state index in [0.717, 1.165) is 18.2 Å². The molecule has 0 unspecified atom stereocenters. The van der Waals surface area contributed by atoms with Gasteiger partial charge in [0.1, 0.15) is 5.78 Å². The van der Waals surface area contributed by atoms with E-state index in [1.165, 1.54) is 13.8 Å². The molecule has 0 spiro atoms. The van der Waals surface area contributed by atoms with Crippen molar-refractivity contribution in [1.29, 1.82) is 0 Å². The Balaban J connectivity index is 0.000000711. The maximum Gasteiger partial charge on any atom is 0.422 e. The van der Waals surface area contributed by atoms with Gasteiger partial charge in [0.2, 0.25) is 0 Å². The SMILES string of the molecule is CC(C)=O.O=[N+]([O-])c1cccc([N+](=O)[O-])c1[N+](=O)[O-]. The van der Waals surface area contributed by atoms with E-state index < -0.39 is 31.8 Å². The summed E-state index contributed by atoms with van der Waals surface area (Å²) in [7, 11) is 0. The van der Waals surface area contributed by atoms with Gasteiger partial charge in [0.25, 0.3) is 0 Å². The molecule has 0 radical (unpaired) electrons. The van der Waals surface area contributed by atoms with Crippen LogP contribution in [0.4, 0.5) is 17.1 Å². The van der Waals surface area contributed by atoms with Gasteiger partial charge in [0, 0.05) is 12.1 Å². The summed E-state index contributed by atoms with van der Waals surface area (Å²) in [5.41, 5.74) is -2.89. The van der Waals surface area contributed by atoms with Crippen molar-refractivity contribution in [3.8, 4) is 0 Å². The predicted molar refractivity (Wildman–Crippen MR) is 62.8 cm³/mol. The molecule has 10 nitrogen and oxygen atoms in total. The average molecular weight is 271 g/mol. The van der Waals surface area contributed by atoms with Crippen molar-refractivity contribution in [3.05, 3.63) is 48.5 Å². The van der Waals surface area contributed by atoms with Gasteiger partial charge in [-0.2, -0.15) is 0 Å². The number of carbonyl (C=O) groups excluding carboxylic acids is 1. The van der Waals surface area contributed by atoms with Crippen LogP contribution in [-0.4, -0.2) is 20.6 Å². The number of rotatable bonds is 3. The molecule has 0 amide bonds. The van der Waals surface area contributed by atoms with Crippen LogP contribution in [0.15, 0.2) is 18.2 Å². The predicted octanol–water partition coefficient (Wildman–Crippen LogP) is 2.01. The molecule has 19 heavy (non-hydrogen) atoms. The van der Waals surface area contributed by atoms with E-state index >= 15 is 0 Å². The molecule has 0 saturated heterocycles. The van der Waals surface area contributed by atoms with Crippen molar-refractivity contribution in [2.75, 3.05) is 0 Å². The highest BCUT2D eigenvalue weighted by atomic mass is 16.6. The summed E-state index contributed by atoms with van der Waals surface area (Å²) in [4.78, 5) is 37.4. The van der Waals surface area contributed by atoms with Crippen LogP contribution < -0.4 is 0 Å². The molecule has 0 aliphatic rings. The third kappa shape index (κ3) is 4.85. The van der Waals surface area contributed by atoms with E-state index in [4.69, 9.17) is 0 Å². The average Bonchev–Trinajstić information content (AvgIpc) is 2.26. The third-order valence-electron chi connectivity index (χ3n) is 1.57. The minimum absolute atomic E-state index is 0.167. The Morgan fingerprint density at radius 2 is 1.21 bits per heavy atom. The number of ketones is 1. The number of Topliss-reactive ketones (excluding diaryl/α,β-unsaturated/α-hetero) is 1. The lowest BCUT2D eigenvalue weighted by Crippen LogP contribution is -2.00. The van der Waals surface area contributed by atoms with Gasteiger partial charge in [-0.3, -0.25) is 30.3 Å². The Hall–Kier alpha value is -2.91. The van der Waals surface area contributed by atoms with Crippen LogP contribution in [0.5, 0.6) is 0 Å². The summed E-state index contributed by atoms with van der Waals surface area (Å²) in [5, 5.41) is 31.2. The standard InChI is InChI=1S/C6H3N3O6.C3H6O/c10-7(11)4-2-1-3-5(8(12)13)6(4)9(14)15;1-3(2)4/h1-3H;1-2H3. The lowest BCUT2D eigenvalue weighted by atomic mass is 10.2. The van der Waals surface area contributed by atoms with E-state index in [0.29, 0.717) is 0 Å². The fourth-order valence-electron chi connectivity index (χ4n) is 1.00. The van der Waals surface area contributed by atoms with E-state index in [1.807, 2.05) is 0 Å². The quantitative estimate of drug-likeness (QED) is 0.603. The van der Waals surface area contributed by atoms with Crippen molar-refractivity contribution in [3.63, 3.8) is 0 Å². The van der Waals surface area contributed by atoms with Crippen molar-refractivity contribution >= 4 is 22.8 Å². The third-order valence-corrected chi connectivity index (χ3v) is 1.57. The van der Waals surface area contributed by atoms with Crippen LogP contribution >= 0.6 is 0 Å². The number of hydrogen-bond acceptors (Lipinski definition) is 7. The van der Waals surface area contributed by atoms with Gasteiger partial charge in [-0.05, 0) is 19.9 Å². The first kappa shape index (κ1) is 16.1. The summed E-state index contributed by atoms with van der Waals surface area (Å²) >= 11 is 0. The summed E-state index contributed by atoms with van der Waals surface area (Å²) in [6, 6.07) is 2.69. The zero-order valence-electron chi connectivity index (χ0n) is 9.93. The highest BCUT2D eigenvalue weighted by molar-refractivity contribution is 5.72. The van der Waals surface area contributed by atoms with Gasteiger partial charge < -0.3 is 4.79 Å². The minimum Gasteiger partial charge on any atom is -0.300 e. The molecule has 0 atom stereocenters. The van der Waals surface area contributed by atoms with E-state index in [-0.39, 0.29) is 5.78 Å². The van der Waals surface area contributed by atoms with Crippen LogP contribution in [0, 0.1) is 30.3 Å². The van der Waals surface area contributed by atoms with Gasteiger partial charge in [0.15, 0.2) is 0 Å². The number of nitro benzene ring substituents is 3. The van der Waals surface area contributed by atoms with Gasteiger partial charge in [-0.15, -0.1) is 0 Å². The Morgan fingerprint density at radius 3 is 1.42 bits per heavy atom. The molecule has 0 aliphatic carbocycles. The second kappa shape index (κ2) is 6.74. The highest BCUT2D eigenvalue weighted by Gasteiger charge is 2.34. The molecule has 102 valence electrons. The largest absolute Gasteiger partial charge is 0.422 e. The zero-order valence-corrected chi connectivity index (χ0v) is 9.93. The molecule has 0 fully saturated rings. The summed E-state index contributed by atoms with van der Waals surface area (Å²) in [6.07, 6.45) is 0. The maximum absolute atomic E-state index is 10.4. The summed E-state index contributed by atoms with van der Waals surface area (Å²) in [5.74, 6) is 0.167. The van der Waals surface area contributed by atoms with E-state index in [9.17, 15) is 35.1 Å². The number of benzene rings is 1. The minimum atomic E-state index is -1.14. The first-order valence-corrected chi connectivity index (χ1v) is 4.71. The van der Waals surface area contributed by atoms with E-state index in [2.05, 4.69) is 0 Å². The van der Waals surface area contributed by atoms with Gasteiger partial charge in [-0.1, -0.05) is 0 Å². The first-order chi connectivity index (χ1) is 8.68. The van der Waals surface area contributed by atoms with Crippen molar-refractivity contribution < 1.29 is 19.6 Å². The topological polar surface area (TPSA) is 146 Å². The van der Waals surface area contributed by atoms with Crippen LogP contribution in [0.2, 0.25) is 0 Å². The summed E-state index contributed by atoms with van der Waals surface area (Å²) in [6.45, 7) is 3.06. The molecular formula is C9H9N3O7. The molecule has 0 aliphatic heterocycles. The molecule has 1 rings (SSSR count). The fraction of sp³-hybridized carbons (Fsp3) is 0.222. The monoisotopic (exact) mass is 271 g/mol. The van der Waals surface area contributed by atoms with Crippen LogP contribution in [0.1, 0.15) is 13.8 Å². The van der Waals surface area contributed by atoms with Crippen LogP contribution in [-0.2, 0) is 4.79 Å². The molecule has 1 aromatic carbocycles. The Bertz CT molecular complexity index is 504. The molecular weight excluding hydrogens is 262 g/mol. The summed E-state index contributed by atoms with van der Waals surface area (Å²) < 4.78 is 0. The smallest absolute Gasteiger partial charge is 0.300 e. The van der Waals surface area contributed by atoms with Crippen molar-refractivity contribution in [1.82, 2.24) is 0 Å². The number of nitrogens with zero attached hydrogens (tertiary/aromatic N) is 3. The molecule has 0 saturated carbocycles. The molecule has 10 heteroatoms. The fourth-order valence-corrected chi connectivity index (χ4v) is 1.00. The second-order valence-corrected chi connectivity index (χ2v) is 3.32. The van der Waals surface area contributed by atoms with Crippen LogP contribution in [0.3, 0.4) is 0 Å². The number of nitro groups is 3. The Labute approximate surface area is 106 Å². The lowest BCUT2D eigenvalue weighted by Gasteiger charge is -1.95. The maximum atomic E-state index is 10.4. The van der Waals surface area contributed by atoms with Crippen LogP contribution in [0.25, 0.3) is 0 Å². The number of para-hydroxylation sites is 1. The Kier molecular flexibility index (Phi) is 5.70. The lowest BCUT2D eigenvalue weighted by molar-refractivity contribution is -0.441. The number of hydrogen-bond donors (Lipinski definition) is 0. The first-order valence-electron chi connectivity index (χ1n) is 4.71. The second-order valence-electron chi connectivity index (χ2n) is 3.32. The van der Waals surface area contributed by atoms with Crippen molar-refractivity contribution in [2.24, 2.45) is 0 Å². The molecule has 0 bridgehead atoms. The molecule has 0 aromatic heterocycles. The van der Waals surface area contributed by atoms with Crippen molar-refractivity contribution in [2.45, 2.75) is 13.8 Å². The highest BCUT2D eigenvalue weighted by Crippen LogP contribution is 2.35. The zero-order chi connectivity index (χ0) is 15.2. The normalized spacial score (nSPS) is 8.95. The molecule has 0 heterocycles. The van der Waals surface area contributed by atoms with Gasteiger partial charge in [-0.25, -0.2) is 0 Å². The Morgan fingerprint density at radius 1 is 0.895 bits per heavy atom. The number of carbonyl (C=O) groups is 1. The molecule has 0 N–H and O–H groups in total. The van der Waals surface area contributed by atoms with E-state index in [1.54, 1.807) is 0 Å².